The SMILES string of the molecule is COc1c(C[C@H]2CCCN2)c(C)nn1C. The highest BCUT2D eigenvalue weighted by molar-refractivity contribution is 5.31. The van der Waals surface area contributed by atoms with Crippen molar-refractivity contribution in [1.82, 2.24) is 15.1 Å². The Bertz CT molecular complexity index is 340. The number of rotatable bonds is 3. The Balaban J connectivity index is 2.18. The van der Waals surface area contributed by atoms with E-state index in [0.717, 1.165) is 24.5 Å². The quantitative estimate of drug-likeness (QED) is 0.808. The largest absolute Gasteiger partial charge is 0.481 e. The van der Waals surface area contributed by atoms with E-state index in [-0.39, 0.29) is 0 Å². The third-order valence-electron chi connectivity index (χ3n) is 3.10. The average molecular weight is 209 g/mol. The van der Waals surface area contributed by atoms with Crippen molar-refractivity contribution in [2.75, 3.05) is 13.7 Å². The molecule has 15 heavy (non-hydrogen) atoms. The summed E-state index contributed by atoms with van der Waals surface area (Å²) in [4.78, 5) is 0. The van der Waals surface area contributed by atoms with E-state index in [1.54, 1.807) is 7.11 Å². The first kappa shape index (κ1) is 10.5. The number of aromatic nitrogens is 2. The van der Waals surface area contributed by atoms with Crippen molar-refractivity contribution in [2.45, 2.75) is 32.2 Å². The molecule has 1 N–H and O–H groups in total. The molecular weight excluding hydrogens is 190 g/mol. The molecular formula is C11H19N3O. The minimum Gasteiger partial charge on any atom is -0.481 e. The van der Waals surface area contributed by atoms with Crippen molar-refractivity contribution in [1.29, 1.82) is 0 Å². The van der Waals surface area contributed by atoms with E-state index in [1.165, 1.54) is 18.4 Å². The Morgan fingerprint density at radius 2 is 2.40 bits per heavy atom. The molecule has 0 unspecified atom stereocenters. The highest BCUT2D eigenvalue weighted by Crippen LogP contribution is 2.24. The fourth-order valence-corrected chi connectivity index (χ4v) is 2.35. The molecule has 4 nitrogen and oxygen atoms in total. The van der Waals surface area contributed by atoms with Gasteiger partial charge in [-0.15, -0.1) is 0 Å². The van der Waals surface area contributed by atoms with Crippen LogP contribution in [0.15, 0.2) is 0 Å². The van der Waals surface area contributed by atoms with E-state index >= 15 is 0 Å². The van der Waals surface area contributed by atoms with Gasteiger partial charge in [0.25, 0.3) is 0 Å². The van der Waals surface area contributed by atoms with E-state index in [9.17, 15) is 0 Å². The van der Waals surface area contributed by atoms with Crippen LogP contribution in [0, 0.1) is 6.92 Å². The second kappa shape index (κ2) is 4.23. The van der Waals surface area contributed by atoms with E-state index in [2.05, 4.69) is 10.4 Å². The Kier molecular flexibility index (Phi) is 2.95. The fourth-order valence-electron chi connectivity index (χ4n) is 2.35. The lowest BCUT2D eigenvalue weighted by Crippen LogP contribution is -2.24. The summed E-state index contributed by atoms with van der Waals surface area (Å²) in [6.45, 7) is 3.19. The number of aryl methyl sites for hydroxylation is 2. The molecule has 0 amide bonds. The molecule has 84 valence electrons. The zero-order chi connectivity index (χ0) is 10.8. The molecule has 1 aliphatic rings. The zero-order valence-electron chi connectivity index (χ0n) is 9.71. The van der Waals surface area contributed by atoms with Crippen molar-refractivity contribution < 1.29 is 4.74 Å². The molecule has 4 heteroatoms. The Labute approximate surface area is 90.6 Å². The van der Waals surface area contributed by atoms with Crippen molar-refractivity contribution in [3.05, 3.63) is 11.3 Å². The van der Waals surface area contributed by atoms with E-state index < -0.39 is 0 Å². The minimum absolute atomic E-state index is 0.599. The van der Waals surface area contributed by atoms with Crippen LogP contribution in [0.25, 0.3) is 0 Å². The maximum absolute atomic E-state index is 5.38. The van der Waals surface area contributed by atoms with Gasteiger partial charge in [0.2, 0.25) is 5.88 Å². The van der Waals surface area contributed by atoms with Gasteiger partial charge in [0.05, 0.1) is 12.8 Å². The van der Waals surface area contributed by atoms with Crippen LogP contribution in [0.2, 0.25) is 0 Å². The van der Waals surface area contributed by atoms with Crippen molar-refractivity contribution in [3.8, 4) is 5.88 Å². The van der Waals surface area contributed by atoms with Gasteiger partial charge >= 0.3 is 0 Å². The summed E-state index contributed by atoms with van der Waals surface area (Å²) in [6.07, 6.45) is 3.58. The van der Waals surface area contributed by atoms with Gasteiger partial charge in [0.15, 0.2) is 0 Å². The Morgan fingerprint density at radius 3 is 3.00 bits per heavy atom. The Hall–Kier alpha value is -1.03. The van der Waals surface area contributed by atoms with Gasteiger partial charge in [-0.1, -0.05) is 0 Å². The lowest BCUT2D eigenvalue weighted by atomic mass is 10.1. The molecule has 2 heterocycles. The third-order valence-corrected chi connectivity index (χ3v) is 3.10. The molecule has 0 aliphatic carbocycles. The minimum atomic E-state index is 0.599. The first-order valence-electron chi connectivity index (χ1n) is 5.52. The molecule has 0 bridgehead atoms. The second-order valence-corrected chi connectivity index (χ2v) is 4.19. The maximum atomic E-state index is 5.38. The fraction of sp³-hybridized carbons (Fsp3) is 0.727. The number of ether oxygens (including phenoxy) is 1. The van der Waals surface area contributed by atoms with Crippen LogP contribution in [0.1, 0.15) is 24.1 Å². The topological polar surface area (TPSA) is 39.1 Å². The molecule has 0 radical (unpaired) electrons. The van der Waals surface area contributed by atoms with E-state index in [4.69, 9.17) is 4.74 Å². The molecule has 1 fully saturated rings. The first-order chi connectivity index (χ1) is 7.22. The number of methoxy groups -OCH3 is 1. The summed E-state index contributed by atoms with van der Waals surface area (Å²) >= 11 is 0. The van der Waals surface area contributed by atoms with Crippen LogP contribution >= 0.6 is 0 Å². The summed E-state index contributed by atoms with van der Waals surface area (Å²) in [5, 5.41) is 7.89. The molecule has 1 aromatic rings. The van der Waals surface area contributed by atoms with E-state index in [1.807, 2.05) is 18.7 Å². The normalized spacial score (nSPS) is 20.9. The van der Waals surface area contributed by atoms with Gasteiger partial charge in [0.1, 0.15) is 0 Å². The molecule has 1 atom stereocenters. The predicted octanol–water partition coefficient (Wildman–Crippen LogP) is 1.03. The average Bonchev–Trinajstić information content (AvgIpc) is 2.77. The standard InChI is InChI=1S/C11H19N3O/c1-8-10(7-9-5-4-6-12-9)11(15-3)14(2)13-8/h9,12H,4-7H2,1-3H3/t9-/m1/s1. The maximum Gasteiger partial charge on any atom is 0.214 e. The summed E-state index contributed by atoms with van der Waals surface area (Å²) in [7, 11) is 3.64. The van der Waals surface area contributed by atoms with E-state index in [0.29, 0.717) is 6.04 Å². The van der Waals surface area contributed by atoms with Crippen LogP contribution in [-0.4, -0.2) is 29.5 Å². The summed E-state index contributed by atoms with van der Waals surface area (Å²) in [5.74, 6) is 0.904. The van der Waals surface area contributed by atoms with Crippen LogP contribution in [0.3, 0.4) is 0 Å². The Morgan fingerprint density at radius 1 is 1.60 bits per heavy atom. The molecule has 1 aromatic heterocycles. The van der Waals surface area contributed by atoms with Crippen molar-refractivity contribution in [3.63, 3.8) is 0 Å². The number of nitrogens with one attached hydrogen (secondary N) is 1. The van der Waals surface area contributed by atoms with Gasteiger partial charge in [-0.25, -0.2) is 4.68 Å². The third kappa shape index (κ3) is 2.00. The monoisotopic (exact) mass is 209 g/mol. The van der Waals surface area contributed by atoms with Gasteiger partial charge < -0.3 is 10.1 Å². The number of hydrogen-bond acceptors (Lipinski definition) is 3. The van der Waals surface area contributed by atoms with Gasteiger partial charge in [-0.05, 0) is 32.7 Å². The summed E-state index contributed by atoms with van der Waals surface area (Å²) in [6, 6.07) is 0.599. The molecule has 1 aliphatic heterocycles. The van der Waals surface area contributed by atoms with Crippen LogP contribution < -0.4 is 10.1 Å². The van der Waals surface area contributed by atoms with Crippen molar-refractivity contribution in [2.24, 2.45) is 7.05 Å². The second-order valence-electron chi connectivity index (χ2n) is 4.19. The molecule has 2 rings (SSSR count). The lowest BCUT2D eigenvalue weighted by Gasteiger charge is -2.10. The van der Waals surface area contributed by atoms with Crippen molar-refractivity contribution >= 4 is 0 Å². The highest BCUT2D eigenvalue weighted by atomic mass is 16.5. The zero-order valence-corrected chi connectivity index (χ0v) is 9.71. The highest BCUT2D eigenvalue weighted by Gasteiger charge is 2.20. The van der Waals surface area contributed by atoms with Crippen LogP contribution in [-0.2, 0) is 13.5 Å². The predicted molar refractivity (Wildman–Crippen MR) is 59.2 cm³/mol. The summed E-state index contributed by atoms with van der Waals surface area (Å²) in [5.41, 5.74) is 2.34. The molecule has 0 spiro atoms. The number of nitrogens with zero attached hydrogens (tertiary/aromatic N) is 2. The molecule has 0 aromatic carbocycles. The van der Waals surface area contributed by atoms with Crippen LogP contribution in [0.4, 0.5) is 0 Å². The summed E-state index contributed by atoms with van der Waals surface area (Å²) < 4.78 is 7.20. The molecule has 1 saturated heterocycles. The first-order valence-corrected chi connectivity index (χ1v) is 5.52. The smallest absolute Gasteiger partial charge is 0.214 e. The van der Waals surface area contributed by atoms with Gasteiger partial charge in [-0.3, -0.25) is 0 Å². The number of hydrogen-bond donors (Lipinski definition) is 1. The van der Waals surface area contributed by atoms with Gasteiger partial charge in [0, 0.05) is 18.7 Å². The van der Waals surface area contributed by atoms with Crippen LogP contribution in [0.5, 0.6) is 5.88 Å². The molecule has 0 saturated carbocycles. The van der Waals surface area contributed by atoms with Gasteiger partial charge in [-0.2, -0.15) is 5.10 Å². The lowest BCUT2D eigenvalue weighted by molar-refractivity contribution is 0.367.